The van der Waals surface area contributed by atoms with Crippen LogP contribution in [0.15, 0.2) is 36.0 Å². The number of allylic oxidation sites excluding steroid dienone is 5. The predicted octanol–water partition coefficient (Wildman–Crippen LogP) is 5.37. The first-order chi connectivity index (χ1) is 13.4. The van der Waals surface area contributed by atoms with E-state index in [1.54, 1.807) is 6.08 Å². The fraction of sp³-hybridized carbons (Fsp3) is 0.720. The molecule has 0 bridgehead atoms. The van der Waals surface area contributed by atoms with Gasteiger partial charge < -0.3 is 9.47 Å². The van der Waals surface area contributed by atoms with Crippen molar-refractivity contribution in [3.63, 3.8) is 0 Å². The summed E-state index contributed by atoms with van der Waals surface area (Å²) in [7, 11) is 0. The molecule has 0 radical (unpaired) electrons. The number of ether oxygens (including phenoxy) is 2. The zero-order chi connectivity index (χ0) is 19.5. The van der Waals surface area contributed by atoms with Gasteiger partial charge in [-0.3, -0.25) is 4.79 Å². The lowest BCUT2D eigenvalue weighted by molar-refractivity contribution is -0.215. The largest absolute Gasteiger partial charge is 0.353 e. The number of carbonyl (C=O) groups is 1. The molecule has 0 aromatic carbocycles. The number of rotatable bonds is 2. The van der Waals surface area contributed by atoms with Gasteiger partial charge in [0.2, 0.25) is 0 Å². The monoisotopic (exact) mass is 382 g/mol. The average Bonchev–Trinajstić information content (AvgIpc) is 3.01. The van der Waals surface area contributed by atoms with E-state index in [1.165, 1.54) is 43.3 Å². The van der Waals surface area contributed by atoms with Gasteiger partial charge in [-0.15, -0.1) is 0 Å². The fourth-order valence-corrected chi connectivity index (χ4v) is 7.39. The minimum absolute atomic E-state index is 0.00714. The van der Waals surface area contributed by atoms with E-state index in [-0.39, 0.29) is 22.9 Å². The van der Waals surface area contributed by atoms with Gasteiger partial charge in [-0.2, -0.15) is 0 Å². The summed E-state index contributed by atoms with van der Waals surface area (Å²) in [6, 6.07) is 0. The first-order valence-corrected chi connectivity index (χ1v) is 11.3. The highest BCUT2D eigenvalue weighted by atomic mass is 16.7. The Morgan fingerprint density at radius 2 is 2.00 bits per heavy atom. The van der Waals surface area contributed by atoms with Crippen molar-refractivity contribution in [1.29, 1.82) is 0 Å². The Morgan fingerprint density at radius 3 is 2.79 bits per heavy atom. The molecule has 1 heterocycles. The van der Waals surface area contributed by atoms with Crippen LogP contribution in [0.4, 0.5) is 0 Å². The van der Waals surface area contributed by atoms with Gasteiger partial charge in [0.25, 0.3) is 0 Å². The molecule has 3 nitrogen and oxygen atoms in total. The molecule has 152 valence electrons. The van der Waals surface area contributed by atoms with Crippen molar-refractivity contribution in [2.45, 2.75) is 77.6 Å². The molecule has 5 aliphatic rings. The number of ketones is 1. The molecular formula is C25H34O3. The van der Waals surface area contributed by atoms with Crippen molar-refractivity contribution >= 4 is 5.78 Å². The van der Waals surface area contributed by atoms with Crippen LogP contribution >= 0.6 is 0 Å². The molecule has 0 aromatic heterocycles. The van der Waals surface area contributed by atoms with Crippen molar-refractivity contribution < 1.29 is 14.3 Å². The molecule has 5 rings (SSSR count). The maximum Gasteiger partial charge on any atom is 0.178 e. The second-order valence-corrected chi connectivity index (χ2v) is 10.3. The van der Waals surface area contributed by atoms with E-state index in [1.807, 2.05) is 6.08 Å². The molecule has 0 N–H and O–H groups in total. The van der Waals surface area contributed by atoms with Crippen molar-refractivity contribution in [2.75, 3.05) is 6.61 Å². The Bertz CT molecular complexity index is 743. The van der Waals surface area contributed by atoms with E-state index in [2.05, 4.69) is 26.5 Å². The standard InChI is InChI=1S/C25H34O3/c1-16-14-18-19-7-8-22(28-23-6-4-5-13-27-23)25(19,3)12-10-20(18)24(2)11-9-17(26)15-21(16)24/h9,11,15,18-20,22-23H,1,4-8,10,12-14H2,2-3H3/t18-,19-,20-,22-,23?,24+,25-/m0/s1. The van der Waals surface area contributed by atoms with Gasteiger partial charge in [-0.1, -0.05) is 32.1 Å². The molecule has 28 heavy (non-hydrogen) atoms. The topological polar surface area (TPSA) is 35.5 Å². The summed E-state index contributed by atoms with van der Waals surface area (Å²) in [6.07, 6.45) is 15.5. The minimum Gasteiger partial charge on any atom is -0.353 e. The lowest BCUT2D eigenvalue weighted by atomic mass is 9.47. The lowest BCUT2D eigenvalue weighted by Crippen LogP contribution is -2.51. The van der Waals surface area contributed by atoms with Crippen molar-refractivity contribution in [1.82, 2.24) is 0 Å². The molecule has 3 saturated carbocycles. The van der Waals surface area contributed by atoms with Gasteiger partial charge in [0.1, 0.15) is 0 Å². The molecule has 4 aliphatic carbocycles. The first kappa shape index (κ1) is 18.8. The van der Waals surface area contributed by atoms with Crippen LogP contribution in [0.2, 0.25) is 0 Å². The molecule has 0 aromatic rings. The molecule has 4 fully saturated rings. The number of fused-ring (bicyclic) bond motifs is 5. The molecule has 1 unspecified atom stereocenters. The molecule has 0 amide bonds. The van der Waals surface area contributed by atoms with E-state index >= 15 is 0 Å². The summed E-state index contributed by atoms with van der Waals surface area (Å²) >= 11 is 0. The van der Waals surface area contributed by atoms with E-state index < -0.39 is 0 Å². The van der Waals surface area contributed by atoms with Gasteiger partial charge in [0.15, 0.2) is 12.1 Å². The summed E-state index contributed by atoms with van der Waals surface area (Å²) in [5.74, 6) is 2.05. The third-order valence-corrected chi connectivity index (χ3v) is 8.90. The van der Waals surface area contributed by atoms with Crippen LogP contribution in [0.1, 0.15) is 65.2 Å². The second-order valence-electron chi connectivity index (χ2n) is 10.3. The van der Waals surface area contributed by atoms with Crippen LogP contribution in [-0.2, 0) is 14.3 Å². The number of hydrogen-bond donors (Lipinski definition) is 0. The minimum atomic E-state index is -0.0271. The van der Waals surface area contributed by atoms with E-state index in [0.717, 1.165) is 25.9 Å². The Hall–Kier alpha value is -1.19. The summed E-state index contributed by atoms with van der Waals surface area (Å²) in [4.78, 5) is 12.0. The Kier molecular flexibility index (Phi) is 4.48. The van der Waals surface area contributed by atoms with E-state index in [9.17, 15) is 4.79 Å². The summed E-state index contributed by atoms with van der Waals surface area (Å²) < 4.78 is 12.5. The summed E-state index contributed by atoms with van der Waals surface area (Å²) in [6.45, 7) is 10.1. The average molecular weight is 383 g/mol. The van der Waals surface area contributed by atoms with Gasteiger partial charge in [-0.05, 0) is 92.3 Å². The quantitative estimate of drug-likeness (QED) is 0.644. The molecule has 0 spiro atoms. The Morgan fingerprint density at radius 1 is 1.14 bits per heavy atom. The smallest absolute Gasteiger partial charge is 0.178 e. The van der Waals surface area contributed by atoms with Crippen LogP contribution in [-0.4, -0.2) is 24.8 Å². The highest BCUT2D eigenvalue weighted by Gasteiger charge is 2.59. The van der Waals surface area contributed by atoms with E-state index in [0.29, 0.717) is 23.9 Å². The molecule has 1 saturated heterocycles. The Labute approximate surface area is 169 Å². The van der Waals surface area contributed by atoms with Crippen LogP contribution < -0.4 is 0 Å². The molecule has 7 atom stereocenters. The van der Waals surface area contributed by atoms with Gasteiger partial charge in [0.05, 0.1) is 6.10 Å². The Balaban J connectivity index is 1.40. The zero-order valence-corrected chi connectivity index (χ0v) is 17.4. The zero-order valence-electron chi connectivity index (χ0n) is 17.4. The summed E-state index contributed by atoms with van der Waals surface area (Å²) in [5.41, 5.74) is 2.60. The first-order valence-electron chi connectivity index (χ1n) is 11.3. The van der Waals surface area contributed by atoms with Gasteiger partial charge in [-0.25, -0.2) is 0 Å². The van der Waals surface area contributed by atoms with Crippen molar-refractivity contribution in [3.8, 4) is 0 Å². The number of hydrogen-bond acceptors (Lipinski definition) is 3. The highest BCUT2D eigenvalue weighted by Crippen LogP contribution is 2.65. The molecular weight excluding hydrogens is 348 g/mol. The van der Waals surface area contributed by atoms with Crippen LogP contribution in [0.5, 0.6) is 0 Å². The molecule has 1 aliphatic heterocycles. The lowest BCUT2D eigenvalue weighted by Gasteiger charge is -2.57. The van der Waals surface area contributed by atoms with Crippen LogP contribution in [0.25, 0.3) is 0 Å². The summed E-state index contributed by atoms with van der Waals surface area (Å²) in [5, 5.41) is 0. The third kappa shape index (κ3) is 2.73. The highest BCUT2D eigenvalue weighted by molar-refractivity contribution is 6.01. The van der Waals surface area contributed by atoms with Gasteiger partial charge >= 0.3 is 0 Å². The number of carbonyl (C=O) groups excluding carboxylic acids is 1. The molecule has 3 heteroatoms. The van der Waals surface area contributed by atoms with Crippen molar-refractivity contribution in [2.24, 2.45) is 28.6 Å². The maximum absolute atomic E-state index is 12.0. The van der Waals surface area contributed by atoms with Crippen LogP contribution in [0.3, 0.4) is 0 Å². The van der Waals surface area contributed by atoms with Crippen molar-refractivity contribution in [3.05, 3.63) is 36.0 Å². The fourth-order valence-electron chi connectivity index (χ4n) is 7.39. The maximum atomic E-state index is 12.0. The van der Waals surface area contributed by atoms with Crippen LogP contribution in [0, 0.1) is 28.6 Å². The van der Waals surface area contributed by atoms with E-state index in [4.69, 9.17) is 9.47 Å². The SMILES string of the molecule is C=C1C[C@H]2[C@@H]3CC[C@H](OC4CCCCO4)[C@@]3(C)CC[C@@H]2[C@@]2(C)C=CC(=O)C=C12. The predicted molar refractivity (Wildman–Crippen MR) is 110 cm³/mol. The third-order valence-electron chi connectivity index (χ3n) is 8.90. The second kappa shape index (κ2) is 6.67. The van der Waals surface area contributed by atoms with Gasteiger partial charge in [0, 0.05) is 12.0 Å². The normalized spacial score (nSPS) is 47.9.